The van der Waals surface area contributed by atoms with E-state index >= 15 is 0 Å². The maximum atomic E-state index is 11.2. The molecule has 0 saturated carbocycles. The van der Waals surface area contributed by atoms with Gasteiger partial charge in [-0.25, -0.2) is 8.42 Å². The summed E-state index contributed by atoms with van der Waals surface area (Å²) in [5, 5.41) is 0. The number of sulfone groups is 1. The van der Waals surface area contributed by atoms with E-state index in [0.717, 1.165) is 13.0 Å². The number of nitrogens with two attached hydrogens (primary N) is 1. The van der Waals surface area contributed by atoms with Crippen LogP contribution in [0.15, 0.2) is 0 Å². The lowest BCUT2D eigenvalue weighted by molar-refractivity contribution is 0.119. The molecular formula is C10H23NO3S. The van der Waals surface area contributed by atoms with Gasteiger partial charge in [0.15, 0.2) is 0 Å². The first-order valence-corrected chi connectivity index (χ1v) is 7.37. The molecule has 0 aliphatic carbocycles. The Hall–Kier alpha value is -0.130. The Balaban J connectivity index is 3.50. The molecule has 0 aromatic carbocycles. The third kappa shape index (κ3) is 8.84. The molecule has 0 bridgehead atoms. The molecular weight excluding hydrogens is 214 g/mol. The molecule has 0 rings (SSSR count). The van der Waals surface area contributed by atoms with E-state index in [9.17, 15) is 8.42 Å². The minimum absolute atomic E-state index is 0.0383. The van der Waals surface area contributed by atoms with E-state index in [1.807, 2.05) is 6.92 Å². The van der Waals surface area contributed by atoms with Crippen LogP contribution >= 0.6 is 0 Å². The molecule has 0 aliphatic rings. The van der Waals surface area contributed by atoms with Gasteiger partial charge >= 0.3 is 0 Å². The summed E-state index contributed by atoms with van der Waals surface area (Å²) in [7, 11) is -2.84. The average molecular weight is 237 g/mol. The summed E-state index contributed by atoms with van der Waals surface area (Å²) in [6.45, 7) is 4.96. The van der Waals surface area contributed by atoms with Crippen molar-refractivity contribution in [2.45, 2.75) is 39.2 Å². The first-order chi connectivity index (χ1) is 7.02. The van der Waals surface area contributed by atoms with Crippen LogP contribution < -0.4 is 5.73 Å². The molecule has 0 amide bonds. The highest BCUT2D eigenvalue weighted by atomic mass is 32.2. The standard InChI is InChI=1S/C10H23NO3S/c1-3-7-14-9-10(11)6-5-8-15(12,13)4-2/h10H,3-9,11H2,1-2H3. The zero-order chi connectivity index (χ0) is 11.7. The molecule has 0 saturated heterocycles. The van der Waals surface area contributed by atoms with Crippen molar-refractivity contribution in [1.82, 2.24) is 0 Å². The molecule has 4 nitrogen and oxygen atoms in total. The van der Waals surface area contributed by atoms with Gasteiger partial charge < -0.3 is 10.5 Å². The normalized spacial score (nSPS) is 14.1. The maximum absolute atomic E-state index is 11.2. The van der Waals surface area contributed by atoms with Crippen molar-refractivity contribution in [2.75, 3.05) is 24.7 Å². The van der Waals surface area contributed by atoms with E-state index in [1.165, 1.54) is 0 Å². The van der Waals surface area contributed by atoms with Crippen LogP contribution in [0.5, 0.6) is 0 Å². The van der Waals surface area contributed by atoms with Gasteiger partial charge in [0, 0.05) is 18.4 Å². The third-order valence-electron chi connectivity index (χ3n) is 2.15. The Bertz CT molecular complexity index is 239. The zero-order valence-electron chi connectivity index (χ0n) is 9.74. The fourth-order valence-electron chi connectivity index (χ4n) is 1.17. The lowest BCUT2D eigenvalue weighted by atomic mass is 10.2. The van der Waals surface area contributed by atoms with Crippen molar-refractivity contribution in [1.29, 1.82) is 0 Å². The van der Waals surface area contributed by atoms with Crippen LogP contribution in [0.1, 0.15) is 33.1 Å². The van der Waals surface area contributed by atoms with Gasteiger partial charge in [-0.15, -0.1) is 0 Å². The smallest absolute Gasteiger partial charge is 0.150 e. The fraction of sp³-hybridized carbons (Fsp3) is 1.00. The molecule has 15 heavy (non-hydrogen) atoms. The van der Waals surface area contributed by atoms with Crippen LogP contribution in [-0.4, -0.2) is 39.2 Å². The van der Waals surface area contributed by atoms with Gasteiger partial charge in [0.1, 0.15) is 9.84 Å². The SMILES string of the molecule is CCCOCC(N)CCCS(=O)(=O)CC. The Morgan fingerprint density at radius 3 is 2.53 bits per heavy atom. The number of hydrogen-bond donors (Lipinski definition) is 1. The molecule has 0 radical (unpaired) electrons. The summed E-state index contributed by atoms with van der Waals surface area (Å²) in [6.07, 6.45) is 2.33. The summed E-state index contributed by atoms with van der Waals surface area (Å²) in [5.41, 5.74) is 5.77. The molecule has 2 N–H and O–H groups in total. The van der Waals surface area contributed by atoms with E-state index < -0.39 is 9.84 Å². The first kappa shape index (κ1) is 14.9. The van der Waals surface area contributed by atoms with Crippen molar-refractivity contribution < 1.29 is 13.2 Å². The minimum atomic E-state index is -2.84. The quantitative estimate of drug-likeness (QED) is 0.606. The summed E-state index contributed by atoms with van der Waals surface area (Å²) in [4.78, 5) is 0. The van der Waals surface area contributed by atoms with Crippen molar-refractivity contribution in [3.05, 3.63) is 0 Å². The van der Waals surface area contributed by atoms with E-state index in [-0.39, 0.29) is 17.5 Å². The largest absolute Gasteiger partial charge is 0.380 e. The molecule has 0 heterocycles. The van der Waals surface area contributed by atoms with Crippen LogP contribution in [0.4, 0.5) is 0 Å². The minimum Gasteiger partial charge on any atom is -0.380 e. The van der Waals surface area contributed by atoms with Gasteiger partial charge in [0.2, 0.25) is 0 Å². The van der Waals surface area contributed by atoms with E-state index in [4.69, 9.17) is 10.5 Å². The van der Waals surface area contributed by atoms with Gasteiger partial charge in [-0.3, -0.25) is 0 Å². The highest BCUT2D eigenvalue weighted by Crippen LogP contribution is 2.00. The van der Waals surface area contributed by atoms with Crippen molar-refractivity contribution in [3.8, 4) is 0 Å². The summed E-state index contributed by atoms with van der Waals surface area (Å²) in [5.74, 6) is 0.458. The van der Waals surface area contributed by atoms with Gasteiger partial charge in [0.25, 0.3) is 0 Å². The molecule has 1 atom stereocenters. The monoisotopic (exact) mass is 237 g/mol. The predicted molar refractivity (Wildman–Crippen MR) is 62.6 cm³/mol. The summed E-state index contributed by atoms with van der Waals surface area (Å²) in [6, 6.07) is -0.0383. The molecule has 1 unspecified atom stereocenters. The maximum Gasteiger partial charge on any atom is 0.150 e. The second kappa shape index (κ2) is 8.07. The van der Waals surface area contributed by atoms with Gasteiger partial charge in [-0.1, -0.05) is 13.8 Å². The van der Waals surface area contributed by atoms with Crippen LogP contribution in [0.2, 0.25) is 0 Å². The highest BCUT2D eigenvalue weighted by Gasteiger charge is 2.09. The lowest BCUT2D eigenvalue weighted by Crippen LogP contribution is -2.27. The van der Waals surface area contributed by atoms with Crippen LogP contribution in [0.3, 0.4) is 0 Å². The lowest BCUT2D eigenvalue weighted by Gasteiger charge is -2.11. The van der Waals surface area contributed by atoms with Crippen LogP contribution in [0, 0.1) is 0 Å². The molecule has 92 valence electrons. The van der Waals surface area contributed by atoms with Crippen molar-refractivity contribution in [3.63, 3.8) is 0 Å². The Morgan fingerprint density at radius 2 is 2.00 bits per heavy atom. The zero-order valence-corrected chi connectivity index (χ0v) is 10.6. The highest BCUT2D eigenvalue weighted by molar-refractivity contribution is 7.91. The molecule has 0 aliphatic heterocycles. The van der Waals surface area contributed by atoms with E-state index in [2.05, 4.69) is 0 Å². The first-order valence-electron chi connectivity index (χ1n) is 5.55. The van der Waals surface area contributed by atoms with E-state index in [1.54, 1.807) is 6.92 Å². The number of ether oxygens (including phenoxy) is 1. The second-order valence-corrected chi connectivity index (χ2v) is 6.19. The number of hydrogen-bond acceptors (Lipinski definition) is 4. The van der Waals surface area contributed by atoms with Crippen molar-refractivity contribution >= 4 is 9.84 Å². The Morgan fingerprint density at radius 1 is 1.33 bits per heavy atom. The third-order valence-corrected chi connectivity index (χ3v) is 3.94. The Kier molecular flexibility index (Phi) is 8.00. The van der Waals surface area contributed by atoms with Crippen LogP contribution in [-0.2, 0) is 14.6 Å². The average Bonchev–Trinajstić information content (AvgIpc) is 2.18. The van der Waals surface area contributed by atoms with Gasteiger partial charge in [0.05, 0.1) is 12.4 Å². The number of rotatable bonds is 9. The fourth-order valence-corrected chi connectivity index (χ4v) is 2.07. The molecule has 0 aromatic rings. The summed E-state index contributed by atoms with van der Waals surface area (Å²) < 4.78 is 27.6. The topological polar surface area (TPSA) is 69.4 Å². The predicted octanol–water partition coefficient (Wildman–Crippen LogP) is 0.955. The van der Waals surface area contributed by atoms with Crippen LogP contribution in [0.25, 0.3) is 0 Å². The molecule has 0 fully saturated rings. The van der Waals surface area contributed by atoms with Gasteiger partial charge in [-0.2, -0.15) is 0 Å². The van der Waals surface area contributed by atoms with E-state index in [0.29, 0.717) is 19.4 Å². The molecule has 0 spiro atoms. The second-order valence-electron chi connectivity index (χ2n) is 3.71. The summed E-state index contributed by atoms with van der Waals surface area (Å²) >= 11 is 0. The molecule has 0 aromatic heterocycles. The van der Waals surface area contributed by atoms with Gasteiger partial charge in [-0.05, 0) is 19.3 Å². The Labute approximate surface area is 93.1 Å². The van der Waals surface area contributed by atoms with Crippen molar-refractivity contribution in [2.24, 2.45) is 5.73 Å². The molecule has 5 heteroatoms.